The minimum Gasteiger partial charge on any atom is -0.478 e. The van der Waals surface area contributed by atoms with Gasteiger partial charge in [-0.2, -0.15) is 0 Å². The van der Waals surface area contributed by atoms with Gasteiger partial charge in [0.1, 0.15) is 18.0 Å². The van der Waals surface area contributed by atoms with Crippen molar-refractivity contribution in [3.8, 4) is 5.88 Å². The van der Waals surface area contributed by atoms with E-state index in [2.05, 4.69) is 4.98 Å². The van der Waals surface area contributed by atoms with Crippen molar-refractivity contribution in [3.05, 3.63) is 59.0 Å². The van der Waals surface area contributed by atoms with Gasteiger partial charge in [-0.1, -0.05) is 12.1 Å². The van der Waals surface area contributed by atoms with Crippen LogP contribution in [0.3, 0.4) is 0 Å². The number of carboxylic acids is 1. The molecule has 1 aromatic carbocycles. The summed E-state index contributed by atoms with van der Waals surface area (Å²) in [5.41, 5.74) is 0.145. The minimum atomic E-state index is -1.21. The third kappa shape index (κ3) is 5.93. The first-order chi connectivity index (χ1) is 14.6. The molecule has 3 rings (SSSR count). The van der Waals surface area contributed by atoms with E-state index in [1.54, 1.807) is 17.0 Å². The molecule has 1 aliphatic heterocycles. The predicted octanol–water partition coefficient (Wildman–Crippen LogP) is 4.61. The number of likely N-dealkylation sites (tertiary alicyclic amines) is 1. The molecule has 2 heterocycles. The van der Waals surface area contributed by atoms with E-state index in [1.807, 2.05) is 26.8 Å². The van der Waals surface area contributed by atoms with Gasteiger partial charge in [0.25, 0.3) is 0 Å². The Balaban J connectivity index is 1.62. The Morgan fingerprint density at radius 2 is 1.84 bits per heavy atom. The SMILES string of the molecule is CC(C)(C)OC(=O)N1CCC(c2cccc(OCc3c(F)cccc3C(=O)O)n2)CC1. The summed E-state index contributed by atoms with van der Waals surface area (Å²) >= 11 is 0. The fourth-order valence-corrected chi connectivity index (χ4v) is 3.47. The van der Waals surface area contributed by atoms with Crippen LogP contribution in [0, 0.1) is 5.82 Å². The van der Waals surface area contributed by atoms with Crippen LogP contribution in [0.5, 0.6) is 5.88 Å². The number of piperidine rings is 1. The zero-order valence-corrected chi connectivity index (χ0v) is 17.9. The Morgan fingerprint density at radius 3 is 2.48 bits per heavy atom. The molecular weight excluding hydrogens is 403 g/mol. The quantitative estimate of drug-likeness (QED) is 0.745. The van der Waals surface area contributed by atoms with Gasteiger partial charge in [0.15, 0.2) is 0 Å². The van der Waals surface area contributed by atoms with Crippen LogP contribution in [0.1, 0.15) is 61.1 Å². The number of carbonyl (C=O) groups excluding carboxylic acids is 1. The van der Waals surface area contributed by atoms with Crippen molar-refractivity contribution < 1.29 is 28.6 Å². The lowest BCUT2D eigenvalue weighted by atomic mass is 9.93. The highest BCUT2D eigenvalue weighted by molar-refractivity contribution is 5.89. The van der Waals surface area contributed by atoms with Crippen LogP contribution in [0.25, 0.3) is 0 Å². The van der Waals surface area contributed by atoms with Gasteiger partial charge < -0.3 is 19.5 Å². The van der Waals surface area contributed by atoms with E-state index in [4.69, 9.17) is 9.47 Å². The molecule has 166 valence electrons. The number of aromatic nitrogens is 1. The van der Waals surface area contributed by atoms with Gasteiger partial charge in [-0.25, -0.2) is 19.0 Å². The maximum atomic E-state index is 14.1. The molecule has 0 aliphatic carbocycles. The van der Waals surface area contributed by atoms with E-state index in [-0.39, 0.29) is 29.7 Å². The maximum Gasteiger partial charge on any atom is 0.410 e. The van der Waals surface area contributed by atoms with Gasteiger partial charge in [0, 0.05) is 36.3 Å². The second kappa shape index (κ2) is 9.32. The van der Waals surface area contributed by atoms with Crippen molar-refractivity contribution in [1.82, 2.24) is 9.88 Å². The van der Waals surface area contributed by atoms with Gasteiger partial charge >= 0.3 is 12.1 Å². The van der Waals surface area contributed by atoms with Gasteiger partial charge in [0.2, 0.25) is 5.88 Å². The lowest BCUT2D eigenvalue weighted by molar-refractivity contribution is 0.0203. The summed E-state index contributed by atoms with van der Waals surface area (Å²) in [6.07, 6.45) is 1.17. The Labute approximate surface area is 180 Å². The molecule has 1 saturated heterocycles. The monoisotopic (exact) mass is 430 g/mol. The number of pyridine rings is 1. The van der Waals surface area contributed by atoms with Gasteiger partial charge in [-0.15, -0.1) is 0 Å². The van der Waals surface area contributed by atoms with Crippen molar-refractivity contribution >= 4 is 12.1 Å². The van der Waals surface area contributed by atoms with Crippen LogP contribution < -0.4 is 4.74 Å². The smallest absolute Gasteiger partial charge is 0.410 e. The van der Waals surface area contributed by atoms with Gasteiger partial charge in [-0.05, 0) is 51.8 Å². The largest absolute Gasteiger partial charge is 0.478 e. The normalized spacial score (nSPS) is 14.9. The first-order valence-electron chi connectivity index (χ1n) is 10.2. The number of amides is 1. The molecule has 1 amide bonds. The summed E-state index contributed by atoms with van der Waals surface area (Å²) in [5, 5.41) is 9.25. The highest BCUT2D eigenvalue weighted by Crippen LogP contribution is 2.29. The number of rotatable bonds is 5. The molecule has 0 radical (unpaired) electrons. The fraction of sp³-hybridized carbons (Fsp3) is 0.435. The summed E-state index contributed by atoms with van der Waals surface area (Å²) in [7, 11) is 0. The molecule has 7 nitrogen and oxygen atoms in total. The molecule has 1 fully saturated rings. The van der Waals surface area contributed by atoms with E-state index >= 15 is 0 Å². The second-order valence-corrected chi connectivity index (χ2v) is 8.50. The molecule has 8 heteroatoms. The molecule has 0 spiro atoms. The number of carboxylic acid groups (broad SMARTS) is 1. The molecule has 2 aromatic rings. The second-order valence-electron chi connectivity index (χ2n) is 8.50. The maximum absolute atomic E-state index is 14.1. The lowest BCUT2D eigenvalue weighted by Crippen LogP contribution is -2.41. The Bertz CT molecular complexity index is 949. The summed E-state index contributed by atoms with van der Waals surface area (Å²) in [6.45, 7) is 6.43. The molecule has 0 unspecified atom stereocenters. The van der Waals surface area contributed by atoms with Crippen molar-refractivity contribution in [2.24, 2.45) is 0 Å². The fourth-order valence-electron chi connectivity index (χ4n) is 3.47. The number of halogens is 1. The zero-order valence-electron chi connectivity index (χ0n) is 17.9. The third-order valence-electron chi connectivity index (χ3n) is 5.02. The number of aromatic carboxylic acids is 1. The molecule has 0 saturated carbocycles. The minimum absolute atomic E-state index is 0.0205. The predicted molar refractivity (Wildman–Crippen MR) is 112 cm³/mol. The molecule has 0 atom stereocenters. The van der Waals surface area contributed by atoms with Crippen molar-refractivity contribution in [3.63, 3.8) is 0 Å². The molecule has 0 bridgehead atoms. The summed E-state index contributed by atoms with van der Waals surface area (Å²) < 4.78 is 25.1. The van der Waals surface area contributed by atoms with E-state index in [9.17, 15) is 19.1 Å². The average Bonchev–Trinajstić information content (AvgIpc) is 2.71. The van der Waals surface area contributed by atoms with Crippen LogP contribution in [0.4, 0.5) is 9.18 Å². The summed E-state index contributed by atoms with van der Waals surface area (Å²) in [5.74, 6) is -1.39. The van der Waals surface area contributed by atoms with Gasteiger partial charge in [0.05, 0.1) is 5.56 Å². The first-order valence-corrected chi connectivity index (χ1v) is 10.2. The highest BCUT2D eigenvalue weighted by Gasteiger charge is 2.28. The van der Waals surface area contributed by atoms with Crippen LogP contribution in [-0.2, 0) is 11.3 Å². The standard InChI is InChI=1S/C23H27FN2O5/c1-23(2,3)31-22(29)26-12-10-15(11-13-26)19-8-5-9-20(25-19)30-14-17-16(21(27)28)6-4-7-18(17)24/h4-9,15H,10-14H2,1-3H3,(H,27,28). The van der Waals surface area contributed by atoms with E-state index in [0.717, 1.165) is 18.5 Å². The van der Waals surface area contributed by atoms with E-state index in [1.165, 1.54) is 18.2 Å². The number of carbonyl (C=O) groups is 2. The van der Waals surface area contributed by atoms with Crippen LogP contribution in [0.15, 0.2) is 36.4 Å². The summed E-state index contributed by atoms with van der Waals surface area (Å²) in [4.78, 5) is 29.8. The molecule has 1 aliphatic rings. The van der Waals surface area contributed by atoms with Gasteiger partial charge in [-0.3, -0.25) is 0 Å². The number of ether oxygens (including phenoxy) is 2. The number of benzene rings is 1. The lowest BCUT2D eigenvalue weighted by Gasteiger charge is -2.33. The molecule has 1 aromatic heterocycles. The first kappa shape index (κ1) is 22.5. The average molecular weight is 430 g/mol. The Kier molecular flexibility index (Phi) is 6.77. The number of nitrogens with zero attached hydrogens (tertiary/aromatic N) is 2. The molecule has 1 N–H and O–H groups in total. The summed E-state index contributed by atoms with van der Waals surface area (Å²) in [6, 6.07) is 9.25. The van der Waals surface area contributed by atoms with Crippen LogP contribution in [-0.4, -0.2) is 45.7 Å². The number of hydrogen-bond acceptors (Lipinski definition) is 5. The highest BCUT2D eigenvalue weighted by atomic mass is 19.1. The van der Waals surface area contributed by atoms with Crippen LogP contribution in [0.2, 0.25) is 0 Å². The Morgan fingerprint density at radius 1 is 1.16 bits per heavy atom. The number of hydrogen-bond donors (Lipinski definition) is 1. The van der Waals surface area contributed by atoms with Crippen LogP contribution >= 0.6 is 0 Å². The van der Waals surface area contributed by atoms with Crippen molar-refractivity contribution in [2.45, 2.75) is 51.7 Å². The van der Waals surface area contributed by atoms with Crippen molar-refractivity contribution in [1.29, 1.82) is 0 Å². The zero-order chi connectivity index (χ0) is 22.6. The van der Waals surface area contributed by atoms with E-state index in [0.29, 0.717) is 19.0 Å². The Hall–Kier alpha value is -3.16. The van der Waals surface area contributed by atoms with Crippen molar-refractivity contribution in [2.75, 3.05) is 13.1 Å². The molecule has 31 heavy (non-hydrogen) atoms. The molecular formula is C23H27FN2O5. The topological polar surface area (TPSA) is 89.0 Å². The van der Waals surface area contributed by atoms with E-state index < -0.39 is 17.4 Å². The third-order valence-corrected chi connectivity index (χ3v) is 5.02.